The zero-order valence-electron chi connectivity index (χ0n) is 47.6. The average Bonchev–Trinajstić information content (AvgIpc) is 4.22. The molecule has 0 bridgehead atoms. The number of para-hydroxylation sites is 4. The van der Waals surface area contributed by atoms with Gasteiger partial charge in [-0.25, -0.2) is 19.9 Å². The number of benzene rings is 9. The van der Waals surface area contributed by atoms with E-state index in [1.165, 1.54) is 0 Å². The summed E-state index contributed by atoms with van der Waals surface area (Å²) < 4.78 is 97.4. The van der Waals surface area contributed by atoms with Crippen molar-refractivity contribution >= 4 is 44.6 Å². The van der Waals surface area contributed by atoms with Crippen molar-refractivity contribution in [2.45, 2.75) is 0 Å². The Morgan fingerprint density at radius 2 is 1.03 bits per heavy atom. The fourth-order valence-electron chi connectivity index (χ4n) is 9.39. The van der Waals surface area contributed by atoms with Crippen LogP contribution in [0.15, 0.2) is 249 Å². The number of hydrogen-bond donors (Lipinski definition) is 0. The fraction of sp³-hybridized carbons (Fsp3) is 0.0159. The molecule has 1 aliphatic heterocycles. The van der Waals surface area contributed by atoms with Crippen LogP contribution in [0.2, 0.25) is 0 Å². The van der Waals surface area contributed by atoms with Crippen LogP contribution in [-0.2, 0) is 0 Å². The standard InChI is InChI=1S/C63H43N7O/c1-5-21-43(22-6-1)49-32-20-33-50(44-23-7-2-8-24-44)60(49)69-42-68(55-35-15-16-36-56(55)69)47-29-19-30-48(39-47)71-58-41-57-52(51-31-13-14-34-54(51)70(57)59-37-17-18-38-64-59)40-53(58)63-66-61(45-25-9-3-10-26-45)65-62(67-63)46-27-11-4-12-28-46/h1-41H,42H2/i1D,2D,5D,6D,7D,8D,21D,22D,23D,24D. The van der Waals surface area contributed by atoms with E-state index in [2.05, 4.69) is 22.8 Å². The number of fused-ring (bicyclic) bond motifs is 4. The van der Waals surface area contributed by atoms with Gasteiger partial charge >= 0.3 is 0 Å². The molecule has 0 unspecified atom stereocenters. The topological polar surface area (TPSA) is 72.2 Å². The minimum absolute atomic E-state index is 0.0565. The van der Waals surface area contributed by atoms with Gasteiger partial charge in [0, 0.05) is 57.0 Å². The van der Waals surface area contributed by atoms with Gasteiger partial charge in [0.15, 0.2) is 17.5 Å². The Labute approximate surface area is 425 Å². The van der Waals surface area contributed by atoms with Gasteiger partial charge in [0.1, 0.15) is 24.0 Å². The molecule has 336 valence electrons. The average molecular weight is 924 g/mol. The van der Waals surface area contributed by atoms with Crippen molar-refractivity contribution in [3.8, 4) is 73.7 Å². The molecule has 0 amide bonds. The first-order valence-electron chi connectivity index (χ1n) is 27.9. The monoisotopic (exact) mass is 923 g/mol. The third kappa shape index (κ3) is 7.60. The van der Waals surface area contributed by atoms with Gasteiger partial charge in [-0.1, -0.05) is 182 Å². The van der Waals surface area contributed by atoms with Crippen molar-refractivity contribution in [1.82, 2.24) is 24.5 Å². The van der Waals surface area contributed by atoms with Crippen molar-refractivity contribution in [3.05, 3.63) is 249 Å². The molecular weight excluding hydrogens is 871 g/mol. The van der Waals surface area contributed by atoms with Crippen LogP contribution in [0.25, 0.3) is 84.0 Å². The molecule has 0 fully saturated rings. The summed E-state index contributed by atoms with van der Waals surface area (Å²) in [7, 11) is 0. The molecule has 3 aromatic heterocycles. The summed E-state index contributed by atoms with van der Waals surface area (Å²) in [6, 6.07) is 52.3. The molecule has 1 aliphatic rings. The Balaban J connectivity index is 0.989. The van der Waals surface area contributed by atoms with Crippen molar-refractivity contribution in [2.75, 3.05) is 16.5 Å². The molecule has 9 aromatic carbocycles. The van der Waals surface area contributed by atoms with E-state index in [1.807, 2.05) is 155 Å². The van der Waals surface area contributed by atoms with Crippen molar-refractivity contribution in [3.63, 3.8) is 0 Å². The van der Waals surface area contributed by atoms with Crippen LogP contribution in [0.5, 0.6) is 11.5 Å². The van der Waals surface area contributed by atoms with Gasteiger partial charge < -0.3 is 14.5 Å². The van der Waals surface area contributed by atoms with Crippen LogP contribution in [0, 0.1) is 0 Å². The lowest BCUT2D eigenvalue weighted by atomic mass is 9.95. The number of anilines is 4. The highest BCUT2D eigenvalue weighted by atomic mass is 16.5. The first kappa shape index (κ1) is 32.2. The smallest absolute Gasteiger partial charge is 0.167 e. The largest absolute Gasteiger partial charge is 0.456 e. The second kappa shape index (κ2) is 17.8. The highest BCUT2D eigenvalue weighted by Gasteiger charge is 2.32. The quantitative estimate of drug-likeness (QED) is 0.135. The maximum atomic E-state index is 9.14. The normalized spacial score (nSPS) is 14.1. The maximum absolute atomic E-state index is 9.14. The Bertz CT molecular complexity index is 4310. The Hall–Kier alpha value is -9.66. The SMILES string of the molecule is [2H]c1c([2H])c([2H])c(-c2cccc(-c3c([2H])c([2H])c([2H])c([2H])c3[2H])c2N2CN(c3cccc(Oc4cc5c(cc4-c4nc(-c6ccccc6)nc(-c6ccccc6)n4)c4ccccc4n5-c4ccccn4)c3)c3ccccc32)c([2H])c1[2H]. The van der Waals surface area contributed by atoms with Crippen LogP contribution in [0.3, 0.4) is 0 Å². The number of rotatable bonds is 10. The fourth-order valence-corrected chi connectivity index (χ4v) is 9.39. The zero-order chi connectivity index (χ0) is 55.8. The molecule has 8 nitrogen and oxygen atoms in total. The molecule has 0 N–H and O–H groups in total. The van der Waals surface area contributed by atoms with Crippen molar-refractivity contribution in [1.29, 1.82) is 0 Å². The maximum Gasteiger partial charge on any atom is 0.167 e. The molecule has 8 heteroatoms. The summed E-state index contributed by atoms with van der Waals surface area (Å²) >= 11 is 0. The first-order chi connectivity index (χ1) is 39.4. The zero-order valence-corrected chi connectivity index (χ0v) is 37.6. The molecule has 0 radical (unpaired) electrons. The van der Waals surface area contributed by atoms with Crippen LogP contribution in [0.1, 0.15) is 13.7 Å². The van der Waals surface area contributed by atoms with Crippen LogP contribution in [0.4, 0.5) is 22.7 Å². The number of ether oxygens (including phenoxy) is 1. The van der Waals surface area contributed by atoms with Gasteiger partial charge in [0.05, 0.1) is 47.4 Å². The molecular formula is C63H43N7O. The molecule has 12 aromatic rings. The number of hydrogen-bond acceptors (Lipinski definition) is 7. The van der Waals surface area contributed by atoms with Gasteiger partial charge in [0.2, 0.25) is 0 Å². The van der Waals surface area contributed by atoms with Crippen molar-refractivity contribution in [2.24, 2.45) is 0 Å². The first-order valence-corrected chi connectivity index (χ1v) is 22.9. The second-order valence-corrected chi connectivity index (χ2v) is 16.7. The third-order valence-electron chi connectivity index (χ3n) is 12.5. The Kier molecular flexibility index (Phi) is 8.05. The van der Waals surface area contributed by atoms with Crippen molar-refractivity contribution < 1.29 is 18.4 Å². The molecule has 13 rings (SSSR count). The van der Waals surface area contributed by atoms with E-state index in [9.17, 15) is 0 Å². The van der Waals surface area contributed by atoms with Gasteiger partial charge in [0.25, 0.3) is 0 Å². The second-order valence-electron chi connectivity index (χ2n) is 16.7. The van der Waals surface area contributed by atoms with E-state index in [0.717, 1.165) is 32.9 Å². The molecule has 4 heterocycles. The highest BCUT2D eigenvalue weighted by molar-refractivity contribution is 6.11. The lowest BCUT2D eigenvalue weighted by molar-refractivity contribution is 0.484. The molecule has 0 saturated heterocycles. The third-order valence-corrected chi connectivity index (χ3v) is 12.5. The molecule has 0 aliphatic carbocycles. The van der Waals surface area contributed by atoms with Gasteiger partial charge in [-0.2, -0.15) is 0 Å². The molecule has 0 saturated carbocycles. The summed E-state index contributed by atoms with van der Waals surface area (Å²) in [6.07, 6.45) is 1.76. The summed E-state index contributed by atoms with van der Waals surface area (Å²) in [5, 5.41) is 1.89. The number of pyridine rings is 1. The number of nitrogens with zero attached hydrogens (tertiary/aromatic N) is 7. The summed E-state index contributed by atoms with van der Waals surface area (Å²) in [5.41, 5.74) is 6.40. The van der Waals surface area contributed by atoms with E-state index in [-0.39, 0.29) is 34.6 Å². The van der Waals surface area contributed by atoms with E-state index in [4.69, 9.17) is 38.4 Å². The van der Waals surface area contributed by atoms with Gasteiger partial charge in [-0.3, -0.25) is 4.57 Å². The molecule has 71 heavy (non-hydrogen) atoms. The van der Waals surface area contributed by atoms with E-state index < -0.39 is 60.4 Å². The Morgan fingerprint density at radius 3 is 1.69 bits per heavy atom. The lowest BCUT2D eigenvalue weighted by Gasteiger charge is -2.27. The molecule has 0 atom stereocenters. The number of aromatic nitrogens is 5. The molecule has 0 spiro atoms. The lowest BCUT2D eigenvalue weighted by Crippen LogP contribution is -2.24. The van der Waals surface area contributed by atoms with Gasteiger partial charge in [-0.15, -0.1) is 0 Å². The predicted molar refractivity (Wildman–Crippen MR) is 288 cm³/mol. The minimum Gasteiger partial charge on any atom is -0.456 e. The summed E-state index contributed by atoms with van der Waals surface area (Å²) in [5.74, 6) is 2.92. The van der Waals surface area contributed by atoms with E-state index >= 15 is 0 Å². The summed E-state index contributed by atoms with van der Waals surface area (Å²) in [4.78, 5) is 24.0. The van der Waals surface area contributed by atoms with Crippen LogP contribution < -0.4 is 14.5 Å². The van der Waals surface area contributed by atoms with Crippen LogP contribution in [-0.4, -0.2) is 31.2 Å². The minimum atomic E-state index is -0.568. The van der Waals surface area contributed by atoms with Crippen LogP contribution >= 0.6 is 0 Å². The summed E-state index contributed by atoms with van der Waals surface area (Å²) in [6.45, 7) is 0.0565. The highest BCUT2D eigenvalue weighted by Crippen LogP contribution is 2.51. The van der Waals surface area contributed by atoms with E-state index in [0.29, 0.717) is 57.4 Å². The predicted octanol–water partition coefficient (Wildman–Crippen LogP) is 15.7. The Morgan fingerprint density at radius 1 is 0.437 bits per heavy atom. The van der Waals surface area contributed by atoms with E-state index in [1.54, 1.807) is 24.4 Å². The van der Waals surface area contributed by atoms with Gasteiger partial charge in [-0.05, 0) is 59.7 Å².